The fourth-order valence-corrected chi connectivity index (χ4v) is 3.39. The average molecular weight is 413 g/mol. The van der Waals surface area contributed by atoms with Crippen molar-refractivity contribution in [2.75, 3.05) is 13.2 Å². The molecule has 0 aliphatic heterocycles. The highest BCUT2D eigenvalue weighted by Gasteiger charge is 2.16. The predicted octanol–water partition coefficient (Wildman–Crippen LogP) is 3.85. The molecule has 1 amide bonds. The first-order valence-corrected chi connectivity index (χ1v) is 10.4. The zero-order valence-corrected chi connectivity index (χ0v) is 17.4. The van der Waals surface area contributed by atoms with Gasteiger partial charge in [-0.2, -0.15) is 0 Å². The van der Waals surface area contributed by atoms with E-state index in [-0.39, 0.29) is 25.5 Å². The molecule has 0 atom stereocenters. The third kappa shape index (κ3) is 6.29. The second-order valence-electron chi connectivity index (χ2n) is 6.73. The van der Waals surface area contributed by atoms with Gasteiger partial charge in [-0.25, -0.2) is 4.98 Å². The summed E-state index contributed by atoms with van der Waals surface area (Å²) >= 11 is 1.53. The molecule has 6 nitrogen and oxygen atoms in total. The molecule has 0 fully saturated rings. The number of aromatic nitrogens is 1. The number of oxazole rings is 1. The summed E-state index contributed by atoms with van der Waals surface area (Å²) < 4.78 is 10.8. The minimum absolute atomic E-state index is 0.0437. The number of esters is 1. The molecule has 152 valence electrons. The van der Waals surface area contributed by atoms with E-state index in [2.05, 4.69) is 10.3 Å². The zero-order valence-electron chi connectivity index (χ0n) is 16.6. The van der Waals surface area contributed by atoms with Gasteiger partial charge >= 0.3 is 5.97 Å². The molecule has 0 radical (unpaired) electrons. The van der Waals surface area contributed by atoms with Crippen LogP contribution in [0.15, 0.2) is 46.2 Å². The van der Waals surface area contributed by atoms with Crippen molar-refractivity contribution in [2.24, 2.45) is 0 Å². The lowest BCUT2D eigenvalue weighted by molar-refractivity contribution is -0.143. The molecule has 0 saturated carbocycles. The van der Waals surface area contributed by atoms with Crippen LogP contribution in [0.3, 0.4) is 0 Å². The highest BCUT2D eigenvalue weighted by Crippen LogP contribution is 2.26. The highest BCUT2D eigenvalue weighted by atomic mass is 32.1. The van der Waals surface area contributed by atoms with Crippen molar-refractivity contribution in [1.82, 2.24) is 10.3 Å². The number of ether oxygens (including phenoxy) is 1. The van der Waals surface area contributed by atoms with Gasteiger partial charge in [0.1, 0.15) is 12.4 Å². The van der Waals surface area contributed by atoms with Crippen molar-refractivity contribution in [2.45, 2.75) is 33.1 Å². The number of benzene rings is 1. The second kappa shape index (κ2) is 10.0. The first-order chi connectivity index (χ1) is 14.0. The molecule has 0 aliphatic rings. The van der Waals surface area contributed by atoms with Crippen LogP contribution in [0.4, 0.5) is 0 Å². The summed E-state index contributed by atoms with van der Waals surface area (Å²) in [7, 11) is 0. The van der Waals surface area contributed by atoms with Gasteiger partial charge in [-0.15, -0.1) is 11.3 Å². The smallest absolute Gasteiger partial charge is 0.312 e. The van der Waals surface area contributed by atoms with Gasteiger partial charge in [0, 0.05) is 6.42 Å². The van der Waals surface area contributed by atoms with Gasteiger partial charge in [-0.05, 0) is 37.3 Å². The van der Waals surface area contributed by atoms with Crippen molar-refractivity contribution in [3.05, 3.63) is 64.4 Å². The topological polar surface area (TPSA) is 81.4 Å². The van der Waals surface area contributed by atoms with Gasteiger partial charge in [-0.1, -0.05) is 35.9 Å². The molecule has 7 heteroatoms. The summed E-state index contributed by atoms with van der Waals surface area (Å²) in [5, 5.41) is 4.71. The van der Waals surface area contributed by atoms with Crippen LogP contribution in [0.5, 0.6) is 0 Å². The molecule has 2 aromatic heterocycles. The average Bonchev–Trinajstić information content (AvgIpc) is 3.35. The number of amides is 1. The third-order valence-corrected chi connectivity index (χ3v) is 5.24. The molecule has 3 aromatic rings. The maximum absolute atomic E-state index is 12.0. The predicted molar refractivity (Wildman–Crippen MR) is 112 cm³/mol. The van der Waals surface area contributed by atoms with E-state index >= 15 is 0 Å². The number of carbonyl (C=O) groups is 2. The summed E-state index contributed by atoms with van der Waals surface area (Å²) in [6.07, 6.45) is 1.13. The molecule has 0 saturated heterocycles. The number of hydrogen-bond donors (Lipinski definition) is 1. The van der Waals surface area contributed by atoms with Crippen LogP contribution in [0, 0.1) is 13.8 Å². The Hall–Kier alpha value is -2.93. The van der Waals surface area contributed by atoms with E-state index < -0.39 is 5.97 Å². The van der Waals surface area contributed by atoms with Gasteiger partial charge in [-0.3, -0.25) is 9.59 Å². The fraction of sp³-hybridized carbons (Fsp3) is 0.318. The van der Waals surface area contributed by atoms with E-state index in [0.717, 1.165) is 10.4 Å². The molecule has 3 rings (SSSR count). The Morgan fingerprint density at radius 2 is 1.97 bits per heavy atom. The maximum atomic E-state index is 12.0. The van der Waals surface area contributed by atoms with Gasteiger partial charge in [0.2, 0.25) is 11.8 Å². The minimum atomic E-state index is -0.395. The SMILES string of the molecule is Cc1ccc(CCC(=O)NCCOC(=O)Cc2nc(-c3cccs3)oc2C)cc1. The van der Waals surface area contributed by atoms with E-state index in [9.17, 15) is 9.59 Å². The molecule has 29 heavy (non-hydrogen) atoms. The second-order valence-corrected chi connectivity index (χ2v) is 7.68. The van der Waals surface area contributed by atoms with Gasteiger partial charge in [0.05, 0.1) is 23.5 Å². The summed E-state index contributed by atoms with van der Waals surface area (Å²) in [5.74, 6) is 0.665. The molecule has 0 aliphatic carbocycles. The first-order valence-electron chi connectivity index (χ1n) is 9.49. The quantitative estimate of drug-likeness (QED) is 0.426. The van der Waals surface area contributed by atoms with Gasteiger partial charge < -0.3 is 14.5 Å². The number of rotatable bonds is 9. The lowest BCUT2D eigenvalue weighted by atomic mass is 10.1. The molecule has 0 bridgehead atoms. The van der Waals surface area contributed by atoms with Gasteiger partial charge in [0.15, 0.2) is 0 Å². The lowest BCUT2D eigenvalue weighted by Crippen LogP contribution is -2.28. The molecule has 1 N–H and O–H groups in total. The van der Waals surface area contributed by atoms with E-state index in [0.29, 0.717) is 30.2 Å². The molecule has 1 aromatic carbocycles. The number of aryl methyl sites for hydroxylation is 3. The van der Waals surface area contributed by atoms with Crippen molar-refractivity contribution in [3.8, 4) is 10.8 Å². The van der Waals surface area contributed by atoms with E-state index in [1.54, 1.807) is 6.92 Å². The number of hydrogen-bond acceptors (Lipinski definition) is 6. The Bertz CT molecular complexity index is 946. The highest BCUT2D eigenvalue weighted by molar-refractivity contribution is 7.13. The summed E-state index contributed by atoms with van der Waals surface area (Å²) in [4.78, 5) is 29.2. The Morgan fingerprint density at radius 1 is 1.17 bits per heavy atom. The fourth-order valence-electron chi connectivity index (χ4n) is 2.74. The number of nitrogens with one attached hydrogen (secondary N) is 1. The standard InChI is InChI=1S/C22H24N2O4S/c1-15-5-7-17(8-6-15)9-10-20(25)23-11-12-27-21(26)14-18-16(2)28-22(24-18)19-4-3-13-29-19/h3-8,13H,9-12,14H2,1-2H3,(H,23,25). The van der Waals surface area contributed by atoms with Crippen molar-refractivity contribution in [1.29, 1.82) is 0 Å². The Morgan fingerprint density at radius 3 is 2.69 bits per heavy atom. The first kappa shape index (κ1) is 20.8. The molecule has 0 unspecified atom stereocenters. The van der Waals surface area contributed by atoms with Crippen molar-refractivity contribution >= 4 is 23.2 Å². The number of thiophene rings is 1. The minimum Gasteiger partial charge on any atom is -0.464 e. The van der Waals surface area contributed by atoms with Crippen LogP contribution in [-0.2, 0) is 27.2 Å². The van der Waals surface area contributed by atoms with E-state index in [1.807, 2.05) is 48.7 Å². The normalized spacial score (nSPS) is 10.7. The van der Waals surface area contributed by atoms with Crippen LogP contribution >= 0.6 is 11.3 Å². The Kier molecular flexibility index (Phi) is 7.19. The van der Waals surface area contributed by atoms with E-state index in [4.69, 9.17) is 9.15 Å². The summed E-state index contributed by atoms with van der Waals surface area (Å²) in [6, 6.07) is 12.0. The Labute approximate surface area is 173 Å². The van der Waals surface area contributed by atoms with Crippen LogP contribution in [0.1, 0.15) is 29.0 Å². The van der Waals surface area contributed by atoms with Crippen LogP contribution in [-0.4, -0.2) is 30.0 Å². The van der Waals surface area contributed by atoms with Crippen LogP contribution in [0.2, 0.25) is 0 Å². The third-order valence-electron chi connectivity index (χ3n) is 4.39. The van der Waals surface area contributed by atoms with Crippen LogP contribution < -0.4 is 5.32 Å². The summed E-state index contributed by atoms with van der Waals surface area (Å²) in [6.45, 7) is 4.23. The monoisotopic (exact) mass is 412 g/mol. The van der Waals surface area contributed by atoms with E-state index in [1.165, 1.54) is 16.9 Å². The van der Waals surface area contributed by atoms with Crippen molar-refractivity contribution < 1.29 is 18.7 Å². The molecular weight excluding hydrogens is 388 g/mol. The van der Waals surface area contributed by atoms with Gasteiger partial charge in [0.25, 0.3) is 0 Å². The zero-order chi connectivity index (χ0) is 20.6. The Balaban J connectivity index is 1.35. The molecule has 2 heterocycles. The molecule has 0 spiro atoms. The number of nitrogens with zero attached hydrogens (tertiary/aromatic N) is 1. The van der Waals surface area contributed by atoms with Crippen molar-refractivity contribution in [3.63, 3.8) is 0 Å². The van der Waals surface area contributed by atoms with Crippen LogP contribution in [0.25, 0.3) is 10.8 Å². The number of carbonyl (C=O) groups excluding carboxylic acids is 2. The lowest BCUT2D eigenvalue weighted by Gasteiger charge is -2.07. The largest absolute Gasteiger partial charge is 0.464 e. The maximum Gasteiger partial charge on any atom is 0.312 e. The molecular formula is C22H24N2O4S. The summed E-state index contributed by atoms with van der Waals surface area (Å²) in [5.41, 5.74) is 2.89.